The number of nitrogens with zero attached hydrogens (tertiary/aromatic N) is 2. The fourth-order valence-corrected chi connectivity index (χ4v) is 5.81. The molecule has 2 aromatic rings. The highest BCUT2D eigenvalue weighted by Gasteiger charge is 2.03. The van der Waals surface area contributed by atoms with E-state index in [1.165, 1.54) is 11.1 Å². The number of rotatable bonds is 20. The van der Waals surface area contributed by atoms with Crippen molar-refractivity contribution in [2.24, 2.45) is 0 Å². The lowest BCUT2D eigenvalue weighted by molar-refractivity contribution is 0.274. The quantitative estimate of drug-likeness (QED) is 0.142. The largest absolute Gasteiger partial charge is 0.497 e. The third-order valence-electron chi connectivity index (χ3n) is 5.75. The highest BCUT2D eigenvalue weighted by Crippen LogP contribution is 2.17. The Kier molecular flexibility index (Phi) is 20.2. The summed E-state index contributed by atoms with van der Waals surface area (Å²) in [6.45, 7) is 3.70. The molecular weight excluding hydrogens is 572 g/mol. The van der Waals surface area contributed by atoms with Gasteiger partial charge in [0.1, 0.15) is 11.5 Å². The Morgan fingerprint density at radius 2 is 1.15 bits per heavy atom. The van der Waals surface area contributed by atoms with Gasteiger partial charge in [-0.2, -0.15) is 31.9 Å². The van der Waals surface area contributed by atoms with Gasteiger partial charge in [-0.15, -0.1) is 0 Å². The standard InChI is InChI=1S/C15H25NO4S2.C14H22FNOS/c1-16(9-4-11-20-22(3,17)18)10-12-21-13-14-5-7-15(19-2)8-6-14;1-16(9-3-8-15)10-11-18-12-13-4-6-14(17-2)7-5-13/h5-8H,4,9-13H2,1-3H3;4-7H,3,8-12H2,1-2H3. The van der Waals surface area contributed by atoms with E-state index in [0.717, 1.165) is 66.9 Å². The summed E-state index contributed by atoms with van der Waals surface area (Å²) < 4.78 is 48.6. The van der Waals surface area contributed by atoms with Gasteiger partial charge in [0.05, 0.1) is 33.8 Å². The van der Waals surface area contributed by atoms with Crippen LogP contribution >= 0.6 is 23.5 Å². The van der Waals surface area contributed by atoms with E-state index in [9.17, 15) is 12.8 Å². The van der Waals surface area contributed by atoms with Gasteiger partial charge < -0.3 is 19.3 Å². The smallest absolute Gasteiger partial charge is 0.264 e. The first kappa shape index (κ1) is 36.5. The summed E-state index contributed by atoms with van der Waals surface area (Å²) in [4.78, 5) is 4.37. The zero-order valence-electron chi connectivity index (χ0n) is 24.6. The Morgan fingerprint density at radius 3 is 1.52 bits per heavy atom. The van der Waals surface area contributed by atoms with Gasteiger partial charge >= 0.3 is 0 Å². The molecule has 11 heteroatoms. The number of benzene rings is 2. The molecule has 2 aromatic carbocycles. The second-order valence-electron chi connectivity index (χ2n) is 9.33. The predicted molar refractivity (Wildman–Crippen MR) is 169 cm³/mol. The topological polar surface area (TPSA) is 68.3 Å². The molecule has 0 aliphatic rings. The Morgan fingerprint density at radius 1 is 0.725 bits per heavy atom. The van der Waals surface area contributed by atoms with E-state index in [1.54, 1.807) is 14.2 Å². The molecule has 0 aliphatic heterocycles. The van der Waals surface area contributed by atoms with Crippen LogP contribution in [0.3, 0.4) is 0 Å². The van der Waals surface area contributed by atoms with Gasteiger partial charge in [-0.05, 0) is 62.3 Å². The number of hydrogen-bond donors (Lipinski definition) is 0. The number of thioether (sulfide) groups is 2. The van der Waals surface area contributed by atoms with E-state index < -0.39 is 10.1 Å². The fraction of sp³-hybridized carbons (Fsp3) is 0.586. The summed E-state index contributed by atoms with van der Waals surface area (Å²) in [5.41, 5.74) is 2.60. The van der Waals surface area contributed by atoms with E-state index in [1.807, 2.05) is 61.9 Å². The lowest BCUT2D eigenvalue weighted by atomic mass is 10.2. The lowest BCUT2D eigenvalue weighted by Gasteiger charge is -2.16. The molecule has 0 saturated carbocycles. The van der Waals surface area contributed by atoms with Crippen LogP contribution in [0.1, 0.15) is 24.0 Å². The minimum atomic E-state index is -3.31. The van der Waals surface area contributed by atoms with E-state index in [2.05, 4.69) is 34.1 Å². The lowest BCUT2D eigenvalue weighted by Crippen LogP contribution is -2.23. The van der Waals surface area contributed by atoms with Crippen molar-refractivity contribution in [1.82, 2.24) is 9.80 Å². The number of halogens is 1. The Balaban J connectivity index is 0.000000408. The van der Waals surface area contributed by atoms with E-state index >= 15 is 0 Å². The number of alkyl halides is 1. The fourth-order valence-electron chi connectivity index (χ4n) is 3.36. The molecule has 7 nitrogen and oxygen atoms in total. The van der Waals surface area contributed by atoms with Crippen molar-refractivity contribution < 1.29 is 26.5 Å². The van der Waals surface area contributed by atoms with Gasteiger partial charge in [-0.25, -0.2) is 0 Å². The van der Waals surface area contributed by atoms with Crippen LogP contribution in [-0.2, 0) is 25.8 Å². The number of ether oxygens (including phenoxy) is 2. The van der Waals surface area contributed by atoms with Crippen molar-refractivity contribution >= 4 is 33.6 Å². The highest BCUT2D eigenvalue weighted by atomic mass is 32.2. The molecule has 0 N–H and O–H groups in total. The van der Waals surface area contributed by atoms with Crippen LogP contribution in [0, 0.1) is 0 Å². The van der Waals surface area contributed by atoms with E-state index in [-0.39, 0.29) is 13.3 Å². The zero-order chi connectivity index (χ0) is 29.6. The second kappa shape index (κ2) is 22.1. The van der Waals surface area contributed by atoms with Crippen LogP contribution in [0.2, 0.25) is 0 Å². The summed E-state index contributed by atoms with van der Waals surface area (Å²) in [6, 6.07) is 16.3. The molecule has 0 aromatic heterocycles. The van der Waals surface area contributed by atoms with Crippen LogP contribution in [-0.4, -0.2) is 104 Å². The maximum atomic E-state index is 12.0. The number of methoxy groups -OCH3 is 2. The van der Waals surface area contributed by atoms with Crippen molar-refractivity contribution in [3.8, 4) is 11.5 Å². The summed E-state index contributed by atoms with van der Waals surface area (Å²) in [7, 11) is 4.12. The predicted octanol–water partition coefficient (Wildman–Crippen LogP) is 5.45. The molecule has 2 rings (SSSR count). The molecule has 228 valence electrons. The summed E-state index contributed by atoms with van der Waals surface area (Å²) in [5.74, 6) is 5.89. The van der Waals surface area contributed by atoms with Gasteiger partial charge in [0.15, 0.2) is 0 Å². The Hall–Kier alpha value is -1.50. The molecule has 0 unspecified atom stereocenters. The summed E-state index contributed by atoms with van der Waals surface area (Å²) >= 11 is 3.79. The third kappa shape index (κ3) is 19.6. The van der Waals surface area contributed by atoms with Crippen molar-refractivity contribution in [3.63, 3.8) is 0 Å². The molecule has 0 radical (unpaired) electrons. The molecule has 40 heavy (non-hydrogen) atoms. The van der Waals surface area contributed by atoms with Crippen molar-refractivity contribution in [2.45, 2.75) is 24.3 Å². The first-order chi connectivity index (χ1) is 19.2. The molecule has 0 bridgehead atoms. The van der Waals surface area contributed by atoms with Crippen LogP contribution in [0.5, 0.6) is 11.5 Å². The summed E-state index contributed by atoms with van der Waals surface area (Å²) in [6.07, 6.45) is 2.43. The van der Waals surface area contributed by atoms with Crippen LogP contribution < -0.4 is 9.47 Å². The average Bonchev–Trinajstić information content (AvgIpc) is 2.95. The van der Waals surface area contributed by atoms with Gasteiger partial charge in [0, 0.05) is 49.2 Å². The second-order valence-corrected chi connectivity index (χ2v) is 13.2. The third-order valence-corrected chi connectivity index (χ3v) is 8.36. The van der Waals surface area contributed by atoms with Crippen LogP contribution in [0.15, 0.2) is 48.5 Å². The van der Waals surface area contributed by atoms with Crippen LogP contribution in [0.25, 0.3) is 0 Å². The molecule has 0 atom stereocenters. The highest BCUT2D eigenvalue weighted by molar-refractivity contribution is 7.98. The summed E-state index contributed by atoms with van der Waals surface area (Å²) in [5, 5.41) is 0. The SMILES string of the molecule is COc1ccc(CSCCN(C)CCCF)cc1.COc1ccc(CSCCN(C)CCCOS(C)(=O)=O)cc1. The van der Waals surface area contributed by atoms with Crippen molar-refractivity contribution in [3.05, 3.63) is 59.7 Å². The maximum Gasteiger partial charge on any atom is 0.264 e. The molecule has 0 spiro atoms. The molecular formula is C29H47FN2O5S3. The molecule has 0 amide bonds. The molecule has 0 fully saturated rings. The monoisotopic (exact) mass is 618 g/mol. The minimum absolute atomic E-state index is 0.219. The minimum Gasteiger partial charge on any atom is -0.497 e. The van der Waals surface area contributed by atoms with Crippen LogP contribution in [0.4, 0.5) is 4.39 Å². The molecule has 0 heterocycles. The first-order valence-corrected chi connectivity index (χ1v) is 17.5. The van der Waals surface area contributed by atoms with Crippen molar-refractivity contribution in [1.29, 1.82) is 0 Å². The van der Waals surface area contributed by atoms with E-state index in [0.29, 0.717) is 12.8 Å². The van der Waals surface area contributed by atoms with E-state index in [4.69, 9.17) is 13.7 Å². The van der Waals surface area contributed by atoms with Gasteiger partial charge in [0.25, 0.3) is 10.1 Å². The Labute approximate surface area is 250 Å². The number of hydrogen-bond acceptors (Lipinski definition) is 9. The van der Waals surface area contributed by atoms with Gasteiger partial charge in [-0.3, -0.25) is 8.57 Å². The maximum absolute atomic E-state index is 12.0. The first-order valence-electron chi connectivity index (χ1n) is 13.4. The molecule has 0 saturated heterocycles. The van der Waals surface area contributed by atoms with Crippen molar-refractivity contribution in [2.75, 3.05) is 85.5 Å². The zero-order valence-corrected chi connectivity index (χ0v) is 27.1. The molecule has 0 aliphatic carbocycles. The average molecular weight is 619 g/mol. The Bertz CT molecular complexity index is 996. The normalized spacial score (nSPS) is 11.4. The van der Waals surface area contributed by atoms with Gasteiger partial charge in [0.2, 0.25) is 0 Å². The van der Waals surface area contributed by atoms with Gasteiger partial charge in [-0.1, -0.05) is 24.3 Å².